The zero-order valence-corrected chi connectivity index (χ0v) is 17.7. The lowest BCUT2D eigenvalue weighted by Gasteiger charge is -2.28. The van der Waals surface area contributed by atoms with Gasteiger partial charge in [-0.2, -0.15) is 0 Å². The molecule has 0 spiro atoms. The van der Waals surface area contributed by atoms with Gasteiger partial charge in [-0.25, -0.2) is 4.98 Å². The Labute approximate surface area is 177 Å². The highest BCUT2D eigenvalue weighted by atomic mass is 32.1. The summed E-state index contributed by atoms with van der Waals surface area (Å²) >= 11 is 1.38. The van der Waals surface area contributed by atoms with E-state index in [-0.39, 0.29) is 24.4 Å². The molecule has 1 aromatic carbocycles. The van der Waals surface area contributed by atoms with Gasteiger partial charge in [0, 0.05) is 32.5 Å². The van der Waals surface area contributed by atoms with Crippen LogP contribution in [0.25, 0.3) is 11.0 Å². The zero-order chi connectivity index (χ0) is 20.9. The molecule has 1 amide bonds. The minimum Gasteiger partial charge on any atom is -0.378 e. The molecule has 0 unspecified atom stereocenters. The van der Waals surface area contributed by atoms with Crippen molar-refractivity contribution >= 4 is 39.2 Å². The third-order valence-electron chi connectivity index (χ3n) is 4.89. The average Bonchev–Trinajstić information content (AvgIpc) is 3.20. The molecular formula is C20H24N6O3S. The molecule has 0 bridgehead atoms. The van der Waals surface area contributed by atoms with Gasteiger partial charge in [-0.3, -0.25) is 9.59 Å². The van der Waals surface area contributed by atoms with E-state index in [0.717, 1.165) is 23.4 Å². The highest BCUT2D eigenvalue weighted by molar-refractivity contribution is 7.15. The molecule has 2 aromatic heterocycles. The lowest BCUT2D eigenvalue weighted by Crippen LogP contribution is -2.41. The first-order chi connectivity index (χ1) is 14.7. The standard InChI is InChI=1S/C20H24N6O3S/c1-2-5-17-23-24-20(30-17)22-16(27)8-9-26-15-7-4-3-6-14(15)21-18(19(26)28)25-10-12-29-13-11-25/h3-4,6-7H,2,5,8-13H2,1H3,(H,22,24,27). The fourth-order valence-electron chi connectivity index (χ4n) is 3.40. The minimum absolute atomic E-state index is 0.152. The van der Waals surface area contributed by atoms with E-state index in [4.69, 9.17) is 4.74 Å². The predicted molar refractivity (Wildman–Crippen MR) is 116 cm³/mol. The van der Waals surface area contributed by atoms with Crippen LogP contribution in [0.1, 0.15) is 24.8 Å². The SMILES string of the molecule is CCCc1nnc(NC(=O)CCn2c(=O)c(N3CCOCC3)nc3ccccc32)s1. The molecule has 10 heteroatoms. The average molecular weight is 429 g/mol. The first kappa shape index (κ1) is 20.4. The van der Waals surface area contributed by atoms with Crippen molar-refractivity contribution in [3.05, 3.63) is 39.6 Å². The van der Waals surface area contributed by atoms with Crippen molar-refractivity contribution in [2.75, 3.05) is 36.5 Å². The Bertz CT molecular complexity index is 1090. The van der Waals surface area contributed by atoms with Crippen LogP contribution in [0.15, 0.2) is 29.1 Å². The van der Waals surface area contributed by atoms with Crippen LogP contribution in [0.5, 0.6) is 0 Å². The number of hydrogen-bond donors (Lipinski definition) is 1. The van der Waals surface area contributed by atoms with Crippen molar-refractivity contribution in [3.63, 3.8) is 0 Å². The summed E-state index contributed by atoms with van der Waals surface area (Å²) in [5, 5.41) is 12.3. The van der Waals surface area contributed by atoms with E-state index in [1.807, 2.05) is 29.2 Å². The molecule has 1 fully saturated rings. The summed E-state index contributed by atoms with van der Waals surface area (Å²) in [7, 11) is 0. The van der Waals surface area contributed by atoms with Crippen molar-refractivity contribution in [1.82, 2.24) is 19.7 Å². The Morgan fingerprint density at radius 3 is 2.83 bits per heavy atom. The van der Waals surface area contributed by atoms with Gasteiger partial charge < -0.3 is 19.5 Å². The van der Waals surface area contributed by atoms with Gasteiger partial charge in [0.2, 0.25) is 11.0 Å². The van der Waals surface area contributed by atoms with Crippen LogP contribution in [0, 0.1) is 0 Å². The second-order valence-corrected chi connectivity index (χ2v) is 8.09. The first-order valence-electron chi connectivity index (χ1n) is 10.1. The van der Waals surface area contributed by atoms with Crippen molar-refractivity contribution < 1.29 is 9.53 Å². The van der Waals surface area contributed by atoms with Crippen LogP contribution >= 0.6 is 11.3 Å². The summed E-state index contributed by atoms with van der Waals surface area (Å²) in [5.74, 6) is 0.209. The number of aromatic nitrogens is 4. The van der Waals surface area contributed by atoms with Crippen LogP contribution in [-0.2, 0) is 22.5 Å². The van der Waals surface area contributed by atoms with Gasteiger partial charge in [0.25, 0.3) is 5.56 Å². The first-order valence-corrected chi connectivity index (χ1v) is 10.9. The summed E-state index contributed by atoms with van der Waals surface area (Å²) < 4.78 is 7.02. The number of morpholine rings is 1. The number of carbonyl (C=O) groups excluding carboxylic acids is 1. The molecular weight excluding hydrogens is 404 g/mol. The van der Waals surface area contributed by atoms with E-state index in [2.05, 4.69) is 27.4 Å². The van der Waals surface area contributed by atoms with Gasteiger partial charge in [-0.05, 0) is 18.6 Å². The molecule has 1 N–H and O–H groups in total. The smallest absolute Gasteiger partial charge is 0.294 e. The van der Waals surface area contributed by atoms with Crippen LogP contribution in [0.4, 0.5) is 10.9 Å². The Balaban J connectivity index is 1.54. The highest BCUT2D eigenvalue weighted by Crippen LogP contribution is 2.18. The molecule has 3 aromatic rings. The molecule has 0 atom stereocenters. The number of para-hydroxylation sites is 2. The highest BCUT2D eigenvalue weighted by Gasteiger charge is 2.19. The number of fused-ring (bicyclic) bond motifs is 1. The summed E-state index contributed by atoms with van der Waals surface area (Å²) in [6.07, 6.45) is 1.97. The van der Waals surface area contributed by atoms with Gasteiger partial charge in [0.05, 0.1) is 24.2 Å². The van der Waals surface area contributed by atoms with E-state index in [1.54, 1.807) is 4.57 Å². The number of rotatable bonds is 7. The van der Waals surface area contributed by atoms with Crippen LogP contribution in [-0.4, -0.2) is 52.0 Å². The minimum atomic E-state index is -0.199. The fourth-order valence-corrected chi connectivity index (χ4v) is 4.25. The van der Waals surface area contributed by atoms with Crippen molar-refractivity contribution in [2.45, 2.75) is 32.7 Å². The third kappa shape index (κ3) is 4.49. The number of anilines is 2. The second kappa shape index (κ2) is 9.31. The van der Waals surface area contributed by atoms with E-state index < -0.39 is 0 Å². The van der Waals surface area contributed by atoms with Crippen LogP contribution in [0.2, 0.25) is 0 Å². The summed E-state index contributed by atoms with van der Waals surface area (Å²) in [4.78, 5) is 32.2. The molecule has 1 aliphatic rings. The fraction of sp³-hybridized carbons (Fsp3) is 0.450. The van der Waals surface area contributed by atoms with Crippen LogP contribution in [0.3, 0.4) is 0 Å². The largest absolute Gasteiger partial charge is 0.378 e. The molecule has 3 heterocycles. The Morgan fingerprint density at radius 1 is 1.23 bits per heavy atom. The quantitative estimate of drug-likeness (QED) is 0.614. The molecule has 158 valence electrons. The number of ether oxygens (including phenoxy) is 1. The normalized spacial score (nSPS) is 14.2. The monoisotopic (exact) mass is 428 g/mol. The maximum atomic E-state index is 13.2. The van der Waals surface area contributed by atoms with E-state index in [1.165, 1.54) is 11.3 Å². The Morgan fingerprint density at radius 2 is 2.03 bits per heavy atom. The van der Waals surface area contributed by atoms with Crippen LogP contribution < -0.4 is 15.8 Å². The summed E-state index contributed by atoms with van der Waals surface area (Å²) in [6.45, 7) is 4.71. The zero-order valence-electron chi connectivity index (χ0n) is 16.8. The molecule has 1 saturated heterocycles. The summed E-state index contributed by atoms with van der Waals surface area (Å²) in [5.41, 5.74) is 1.25. The van der Waals surface area contributed by atoms with Gasteiger partial charge in [0.15, 0.2) is 5.82 Å². The van der Waals surface area contributed by atoms with Crippen molar-refractivity contribution in [3.8, 4) is 0 Å². The molecule has 9 nitrogen and oxygen atoms in total. The Hall–Kier alpha value is -2.85. The maximum Gasteiger partial charge on any atom is 0.294 e. The summed E-state index contributed by atoms with van der Waals surface area (Å²) in [6, 6.07) is 7.49. The number of amides is 1. The van der Waals surface area contributed by atoms with E-state index in [9.17, 15) is 9.59 Å². The van der Waals surface area contributed by atoms with Gasteiger partial charge in [-0.1, -0.05) is 30.4 Å². The lowest BCUT2D eigenvalue weighted by atomic mass is 10.2. The number of carbonyl (C=O) groups is 1. The molecule has 0 aliphatic carbocycles. The lowest BCUT2D eigenvalue weighted by molar-refractivity contribution is -0.116. The topological polar surface area (TPSA) is 102 Å². The molecule has 0 radical (unpaired) electrons. The number of aryl methyl sites for hydroxylation is 2. The number of nitrogens with zero attached hydrogens (tertiary/aromatic N) is 5. The predicted octanol–water partition coefficient (Wildman–Crippen LogP) is 2.07. The molecule has 4 rings (SSSR count). The number of hydrogen-bond acceptors (Lipinski definition) is 8. The van der Waals surface area contributed by atoms with Crippen molar-refractivity contribution in [2.24, 2.45) is 0 Å². The van der Waals surface area contributed by atoms with E-state index >= 15 is 0 Å². The molecule has 0 saturated carbocycles. The second-order valence-electron chi connectivity index (χ2n) is 7.03. The van der Waals surface area contributed by atoms with E-state index in [0.29, 0.717) is 42.8 Å². The molecule has 1 aliphatic heterocycles. The maximum absolute atomic E-state index is 13.2. The number of benzene rings is 1. The molecule has 30 heavy (non-hydrogen) atoms. The third-order valence-corrected chi connectivity index (χ3v) is 5.78. The van der Waals surface area contributed by atoms with Gasteiger partial charge >= 0.3 is 0 Å². The van der Waals surface area contributed by atoms with Crippen molar-refractivity contribution in [1.29, 1.82) is 0 Å². The Kier molecular flexibility index (Phi) is 6.34. The van der Waals surface area contributed by atoms with Gasteiger partial charge in [-0.15, -0.1) is 10.2 Å². The van der Waals surface area contributed by atoms with Gasteiger partial charge in [0.1, 0.15) is 5.01 Å². The number of nitrogens with one attached hydrogen (secondary N) is 1.